The molecule has 2 aliphatic rings. The van der Waals surface area contributed by atoms with Crippen molar-refractivity contribution in [1.82, 2.24) is 9.88 Å². The Morgan fingerprint density at radius 1 is 1.27 bits per heavy atom. The zero-order valence-corrected chi connectivity index (χ0v) is 17.2. The van der Waals surface area contributed by atoms with Crippen molar-refractivity contribution in [2.75, 3.05) is 19.7 Å². The third-order valence-corrected chi connectivity index (χ3v) is 5.57. The van der Waals surface area contributed by atoms with Crippen molar-refractivity contribution < 1.29 is 14.5 Å². The SMILES string of the molecule is CCOC(=O)N1CCC(=C2c3ccc(Cl)cc3C([N+](=O)[O-])=Cc3cccnc32)CC1. The fourth-order valence-electron chi connectivity index (χ4n) is 3.98. The van der Waals surface area contributed by atoms with E-state index in [0.29, 0.717) is 54.4 Å². The fraction of sp³-hybridized carbons (Fsp3) is 0.273. The van der Waals surface area contributed by atoms with Crippen LogP contribution in [0.25, 0.3) is 17.3 Å². The Kier molecular flexibility index (Phi) is 5.55. The molecule has 7 nitrogen and oxygen atoms in total. The molecule has 1 aliphatic carbocycles. The van der Waals surface area contributed by atoms with Gasteiger partial charge in [-0.1, -0.05) is 29.3 Å². The van der Waals surface area contributed by atoms with Crippen LogP contribution in [-0.2, 0) is 4.74 Å². The Balaban J connectivity index is 1.86. The van der Waals surface area contributed by atoms with Gasteiger partial charge in [0.05, 0.1) is 22.8 Å². The second-order valence-electron chi connectivity index (χ2n) is 7.08. The molecule has 0 bridgehead atoms. The lowest BCUT2D eigenvalue weighted by molar-refractivity contribution is -0.374. The van der Waals surface area contributed by atoms with E-state index >= 15 is 0 Å². The van der Waals surface area contributed by atoms with Gasteiger partial charge >= 0.3 is 6.09 Å². The average Bonchev–Trinajstić information content (AvgIpc) is 2.88. The third kappa shape index (κ3) is 3.68. The van der Waals surface area contributed by atoms with Crippen LogP contribution in [0.15, 0.2) is 42.1 Å². The maximum absolute atomic E-state index is 12.1. The van der Waals surface area contributed by atoms with Crippen molar-refractivity contribution in [1.29, 1.82) is 0 Å². The van der Waals surface area contributed by atoms with Gasteiger partial charge in [-0.15, -0.1) is 0 Å². The zero-order chi connectivity index (χ0) is 21.3. The van der Waals surface area contributed by atoms with Crippen LogP contribution < -0.4 is 0 Å². The molecule has 2 heterocycles. The second-order valence-corrected chi connectivity index (χ2v) is 7.52. The van der Waals surface area contributed by atoms with Gasteiger partial charge in [-0.05, 0) is 43.5 Å². The van der Waals surface area contributed by atoms with Crippen LogP contribution in [0.5, 0.6) is 0 Å². The lowest BCUT2D eigenvalue weighted by Crippen LogP contribution is -2.37. The number of carbonyl (C=O) groups excluding carboxylic acids is 1. The highest BCUT2D eigenvalue weighted by Gasteiger charge is 2.30. The quantitative estimate of drug-likeness (QED) is 0.505. The number of aromatic nitrogens is 1. The van der Waals surface area contributed by atoms with Crippen molar-refractivity contribution in [3.8, 4) is 0 Å². The number of pyridine rings is 1. The minimum absolute atomic E-state index is 0.0127. The summed E-state index contributed by atoms with van der Waals surface area (Å²) in [6.45, 7) is 3.17. The summed E-state index contributed by atoms with van der Waals surface area (Å²) in [5.74, 6) is 0. The van der Waals surface area contributed by atoms with E-state index < -0.39 is 0 Å². The molecule has 1 fully saturated rings. The highest BCUT2D eigenvalue weighted by molar-refractivity contribution is 6.30. The molecule has 0 N–H and O–H groups in total. The number of halogens is 1. The van der Waals surface area contributed by atoms with Crippen LogP contribution in [0.3, 0.4) is 0 Å². The summed E-state index contributed by atoms with van der Waals surface area (Å²) in [5, 5.41) is 12.3. The summed E-state index contributed by atoms with van der Waals surface area (Å²) >= 11 is 6.19. The summed E-state index contributed by atoms with van der Waals surface area (Å²) in [6, 6.07) is 8.78. The minimum atomic E-state index is -0.386. The van der Waals surface area contributed by atoms with Crippen LogP contribution in [-0.4, -0.2) is 40.6 Å². The lowest BCUT2D eigenvalue weighted by Gasteiger charge is -2.29. The number of likely N-dealkylation sites (tertiary alicyclic amines) is 1. The van der Waals surface area contributed by atoms with Crippen molar-refractivity contribution in [3.05, 3.63) is 79.6 Å². The number of fused-ring (bicyclic) bond motifs is 2. The van der Waals surface area contributed by atoms with Gasteiger partial charge in [0.15, 0.2) is 0 Å². The molecule has 1 aliphatic heterocycles. The first kappa shape index (κ1) is 20.1. The highest BCUT2D eigenvalue weighted by atomic mass is 35.5. The predicted molar refractivity (Wildman–Crippen MR) is 114 cm³/mol. The summed E-state index contributed by atoms with van der Waals surface area (Å²) in [7, 11) is 0. The summed E-state index contributed by atoms with van der Waals surface area (Å²) in [5.41, 5.74) is 4.58. The van der Waals surface area contributed by atoms with E-state index in [1.165, 1.54) is 0 Å². The third-order valence-electron chi connectivity index (χ3n) is 5.34. The molecule has 0 unspecified atom stereocenters. The smallest absolute Gasteiger partial charge is 0.409 e. The van der Waals surface area contributed by atoms with E-state index in [1.54, 1.807) is 42.3 Å². The second kappa shape index (κ2) is 8.28. The number of piperidine rings is 1. The van der Waals surface area contributed by atoms with Gasteiger partial charge in [0.2, 0.25) is 0 Å². The number of amides is 1. The van der Waals surface area contributed by atoms with Gasteiger partial charge in [0, 0.05) is 41.5 Å². The molecule has 1 aromatic carbocycles. The molecular formula is C22H20ClN3O4. The van der Waals surface area contributed by atoms with Gasteiger partial charge in [-0.25, -0.2) is 4.79 Å². The van der Waals surface area contributed by atoms with Gasteiger partial charge in [-0.2, -0.15) is 0 Å². The van der Waals surface area contributed by atoms with Crippen LogP contribution >= 0.6 is 11.6 Å². The first-order valence-electron chi connectivity index (χ1n) is 9.75. The molecule has 0 spiro atoms. The Bertz CT molecular complexity index is 1080. The van der Waals surface area contributed by atoms with Crippen LogP contribution in [0.1, 0.15) is 42.1 Å². The number of rotatable bonds is 2. The van der Waals surface area contributed by atoms with E-state index in [4.69, 9.17) is 16.3 Å². The molecule has 0 atom stereocenters. The van der Waals surface area contributed by atoms with Crippen LogP contribution in [0, 0.1) is 10.1 Å². The first-order chi connectivity index (χ1) is 14.5. The number of nitro groups is 1. The normalized spacial score (nSPS) is 15.7. The fourth-order valence-corrected chi connectivity index (χ4v) is 4.15. The van der Waals surface area contributed by atoms with Gasteiger partial charge in [0.1, 0.15) is 0 Å². The van der Waals surface area contributed by atoms with Crippen molar-refractivity contribution in [2.24, 2.45) is 0 Å². The topological polar surface area (TPSA) is 85.6 Å². The Morgan fingerprint density at radius 3 is 2.73 bits per heavy atom. The Morgan fingerprint density at radius 2 is 2.03 bits per heavy atom. The van der Waals surface area contributed by atoms with Crippen LogP contribution in [0.4, 0.5) is 4.79 Å². The zero-order valence-electron chi connectivity index (χ0n) is 16.4. The van der Waals surface area contributed by atoms with Crippen molar-refractivity contribution >= 4 is 35.0 Å². The first-order valence-corrected chi connectivity index (χ1v) is 10.1. The average molecular weight is 426 g/mol. The van der Waals surface area contributed by atoms with Crippen LogP contribution in [0.2, 0.25) is 5.02 Å². The molecule has 2 aromatic rings. The molecular weight excluding hydrogens is 406 g/mol. The van der Waals surface area contributed by atoms with Crippen molar-refractivity contribution in [3.63, 3.8) is 0 Å². The van der Waals surface area contributed by atoms with E-state index in [1.807, 2.05) is 12.1 Å². The molecule has 30 heavy (non-hydrogen) atoms. The molecule has 0 radical (unpaired) electrons. The van der Waals surface area contributed by atoms with E-state index in [2.05, 4.69) is 4.98 Å². The largest absolute Gasteiger partial charge is 0.450 e. The maximum atomic E-state index is 12.1. The predicted octanol–water partition coefficient (Wildman–Crippen LogP) is 4.88. The molecule has 1 amide bonds. The maximum Gasteiger partial charge on any atom is 0.409 e. The molecule has 1 aromatic heterocycles. The number of ether oxygens (including phenoxy) is 1. The van der Waals surface area contributed by atoms with Gasteiger partial charge in [-0.3, -0.25) is 15.1 Å². The lowest BCUT2D eigenvalue weighted by atomic mass is 9.88. The number of benzene rings is 1. The summed E-state index contributed by atoms with van der Waals surface area (Å²) < 4.78 is 5.11. The number of nitrogens with zero attached hydrogens (tertiary/aromatic N) is 3. The molecule has 8 heteroatoms. The number of hydrogen-bond donors (Lipinski definition) is 0. The Labute approximate surface area is 178 Å². The monoisotopic (exact) mass is 425 g/mol. The van der Waals surface area contributed by atoms with E-state index in [9.17, 15) is 14.9 Å². The molecule has 154 valence electrons. The van der Waals surface area contributed by atoms with Crippen molar-refractivity contribution in [2.45, 2.75) is 19.8 Å². The van der Waals surface area contributed by atoms with Gasteiger partial charge < -0.3 is 9.64 Å². The van der Waals surface area contributed by atoms with E-state index in [-0.39, 0.29) is 16.7 Å². The van der Waals surface area contributed by atoms with E-state index in [0.717, 1.165) is 16.7 Å². The Hall–Kier alpha value is -3.19. The standard InChI is InChI=1S/C22H20ClN3O4/c1-2-30-22(27)25-10-7-14(8-11-25)20-17-6-5-16(23)13-18(17)19(26(28)29)12-15-4-3-9-24-21(15)20/h3-6,9,12-13H,2,7-8,10-11H2,1H3. The molecule has 4 rings (SSSR count). The number of carbonyl (C=O) groups is 1. The van der Waals surface area contributed by atoms with Gasteiger partial charge in [0.25, 0.3) is 5.70 Å². The highest BCUT2D eigenvalue weighted by Crippen LogP contribution is 2.41. The minimum Gasteiger partial charge on any atom is -0.450 e. The summed E-state index contributed by atoms with van der Waals surface area (Å²) in [4.78, 5) is 29.8. The number of hydrogen-bond acceptors (Lipinski definition) is 5. The summed E-state index contributed by atoms with van der Waals surface area (Å²) in [6.07, 6.45) is 4.21. The molecule has 1 saturated heterocycles. The molecule has 0 saturated carbocycles.